The van der Waals surface area contributed by atoms with Crippen LogP contribution in [0.15, 0.2) is 34.8 Å². The molecule has 3 rings (SSSR count). The average molecular weight is 342 g/mol. The van der Waals surface area contributed by atoms with Crippen LogP contribution in [0.5, 0.6) is 0 Å². The lowest BCUT2D eigenvalue weighted by Gasteiger charge is -2.08. The lowest BCUT2D eigenvalue weighted by Crippen LogP contribution is -2.05. The first-order chi connectivity index (χ1) is 9.49. The van der Waals surface area contributed by atoms with Gasteiger partial charge in [-0.1, -0.05) is 15.9 Å². The van der Waals surface area contributed by atoms with Crippen molar-refractivity contribution in [1.29, 1.82) is 0 Å². The van der Waals surface area contributed by atoms with E-state index in [0.29, 0.717) is 11.0 Å². The average Bonchev–Trinajstić information content (AvgIpc) is 2.72. The summed E-state index contributed by atoms with van der Waals surface area (Å²) in [6, 6.07) is 7.06. The Labute approximate surface area is 120 Å². The molecule has 0 fully saturated rings. The molecular formula is C13H7BrF3N3. The highest BCUT2D eigenvalue weighted by Gasteiger charge is 2.18. The minimum atomic E-state index is -1.54. The van der Waals surface area contributed by atoms with E-state index in [1.165, 1.54) is 4.57 Å². The maximum absolute atomic E-state index is 13.9. The number of imidazole rings is 1. The third-order valence-corrected chi connectivity index (χ3v) is 3.39. The number of fused-ring (bicyclic) bond motifs is 1. The van der Waals surface area contributed by atoms with Gasteiger partial charge in [0.05, 0.1) is 16.7 Å². The molecule has 0 saturated heterocycles. The fourth-order valence-corrected chi connectivity index (χ4v) is 2.36. The Morgan fingerprint density at radius 1 is 1.05 bits per heavy atom. The number of nitrogens with two attached hydrogens (primary N) is 1. The maximum Gasteiger partial charge on any atom is 0.206 e. The number of hydrogen-bond acceptors (Lipinski definition) is 2. The summed E-state index contributed by atoms with van der Waals surface area (Å²) in [6.45, 7) is 0. The fourth-order valence-electron chi connectivity index (χ4n) is 2.01. The number of nitrogens with zero attached hydrogens (tertiary/aromatic N) is 2. The molecular weight excluding hydrogens is 335 g/mol. The minimum absolute atomic E-state index is 0.0111. The van der Waals surface area contributed by atoms with E-state index in [9.17, 15) is 13.2 Å². The van der Waals surface area contributed by atoms with Gasteiger partial charge in [0.1, 0.15) is 0 Å². The van der Waals surface area contributed by atoms with Gasteiger partial charge in [-0.15, -0.1) is 0 Å². The molecule has 0 aliphatic heterocycles. The second kappa shape index (κ2) is 4.52. The number of aromatic nitrogens is 2. The van der Waals surface area contributed by atoms with Crippen LogP contribution in [0.4, 0.5) is 19.1 Å². The van der Waals surface area contributed by atoms with E-state index < -0.39 is 17.5 Å². The number of halogens is 4. The molecule has 2 N–H and O–H groups in total. The molecule has 102 valence electrons. The Bertz CT molecular complexity index is 829. The number of hydrogen-bond donors (Lipinski definition) is 1. The largest absolute Gasteiger partial charge is 0.369 e. The van der Waals surface area contributed by atoms with Crippen LogP contribution in [0.1, 0.15) is 0 Å². The van der Waals surface area contributed by atoms with Crippen LogP contribution in [-0.4, -0.2) is 9.55 Å². The normalized spacial score (nSPS) is 11.2. The van der Waals surface area contributed by atoms with Crippen LogP contribution in [0.2, 0.25) is 0 Å². The SMILES string of the molecule is Nc1nc2ccc(Br)cc2n1-c1ccc(F)c(F)c1F. The van der Waals surface area contributed by atoms with E-state index in [2.05, 4.69) is 20.9 Å². The molecule has 1 aromatic heterocycles. The van der Waals surface area contributed by atoms with E-state index in [-0.39, 0.29) is 11.6 Å². The molecule has 0 aliphatic rings. The van der Waals surface area contributed by atoms with E-state index >= 15 is 0 Å². The standard InChI is InChI=1S/C13H7BrF3N3/c14-6-1-3-8-10(5-6)20(13(18)19-8)9-4-2-7(15)11(16)12(9)17/h1-5H,(H2,18,19). The third kappa shape index (κ3) is 1.85. The summed E-state index contributed by atoms with van der Waals surface area (Å²) in [6.07, 6.45) is 0. The molecule has 0 saturated carbocycles. The van der Waals surface area contributed by atoms with E-state index in [1.807, 2.05) is 0 Å². The summed E-state index contributed by atoms with van der Waals surface area (Å²) in [5.41, 5.74) is 6.56. The second-order valence-corrected chi connectivity index (χ2v) is 5.05. The van der Waals surface area contributed by atoms with Gasteiger partial charge in [-0.2, -0.15) is 0 Å². The van der Waals surface area contributed by atoms with E-state index in [0.717, 1.165) is 16.6 Å². The van der Waals surface area contributed by atoms with Crippen molar-refractivity contribution in [3.8, 4) is 5.69 Å². The first-order valence-corrected chi connectivity index (χ1v) is 6.35. The molecule has 2 aromatic carbocycles. The molecule has 0 atom stereocenters. The zero-order chi connectivity index (χ0) is 14.4. The highest BCUT2D eigenvalue weighted by molar-refractivity contribution is 9.10. The van der Waals surface area contributed by atoms with Crippen molar-refractivity contribution < 1.29 is 13.2 Å². The molecule has 0 bridgehead atoms. The monoisotopic (exact) mass is 341 g/mol. The summed E-state index contributed by atoms with van der Waals surface area (Å²) in [7, 11) is 0. The molecule has 0 spiro atoms. The van der Waals surface area contributed by atoms with Gasteiger partial charge in [0.25, 0.3) is 0 Å². The first-order valence-electron chi connectivity index (χ1n) is 5.56. The van der Waals surface area contributed by atoms with Crippen molar-refractivity contribution in [2.24, 2.45) is 0 Å². The predicted octanol–water partition coefficient (Wildman–Crippen LogP) is 3.79. The van der Waals surface area contributed by atoms with Gasteiger partial charge in [0, 0.05) is 4.47 Å². The molecule has 0 radical (unpaired) electrons. The number of anilines is 1. The number of rotatable bonds is 1. The van der Waals surface area contributed by atoms with Crippen molar-refractivity contribution in [3.63, 3.8) is 0 Å². The van der Waals surface area contributed by atoms with Crippen molar-refractivity contribution in [2.45, 2.75) is 0 Å². The molecule has 3 aromatic rings. The van der Waals surface area contributed by atoms with Gasteiger partial charge >= 0.3 is 0 Å². The van der Waals surface area contributed by atoms with Crippen LogP contribution >= 0.6 is 15.9 Å². The van der Waals surface area contributed by atoms with Crippen LogP contribution in [-0.2, 0) is 0 Å². The van der Waals surface area contributed by atoms with Crippen molar-refractivity contribution >= 4 is 32.9 Å². The van der Waals surface area contributed by atoms with Gasteiger partial charge in [-0.3, -0.25) is 4.57 Å². The maximum atomic E-state index is 13.9. The summed E-state index contributed by atoms with van der Waals surface area (Å²) in [5, 5.41) is 0. The number of benzene rings is 2. The zero-order valence-corrected chi connectivity index (χ0v) is 11.5. The van der Waals surface area contributed by atoms with Gasteiger partial charge in [-0.05, 0) is 30.3 Å². The lowest BCUT2D eigenvalue weighted by atomic mass is 10.2. The molecule has 3 nitrogen and oxygen atoms in total. The summed E-state index contributed by atoms with van der Waals surface area (Å²) >= 11 is 3.28. The van der Waals surface area contributed by atoms with Crippen LogP contribution in [0.25, 0.3) is 16.7 Å². The van der Waals surface area contributed by atoms with E-state index in [1.54, 1.807) is 18.2 Å². The Kier molecular flexibility index (Phi) is 2.93. The second-order valence-electron chi connectivity index (χ2n) is 4.13. The smallest absolute Gasteiger partial charge is 0.206 e. The zero-order valence-electron chi connectivity index (χ0n) is 9.87. The Morgan fingerprint density at radius 3 is 2.55 bits per heavy atom. The summed E-state index contributed by atoms with van der Waals surface area (Å²) in [5.74, 6) is -4.12. The number of nitrogen functional groups attached to an aromatic ring is 1. The molecule has 1 heterocycles. The van der Waals surface area contributed by atoms with Crippen LogP contribution < -0.4 is 5.73 Å². The fraction of sp³-hybridized carbons (Fsp3) is 0. The van der Waals surface area contributed by atoms with Crippen molar-refractivity contribution in [3.05, 3.63) is 52.3 Å². The summed E-state index contributed by atoms with van der Waals surface area (Å²) in [4.78, 5) is 4.06. The van der Waals surface area contributed by atoms with Crippen LogP contribution in [0.3, 0.4) is 0 Å². The molecule has 7 heteroatoms. The predicted molar refractivity (Wildman–Crippen MR) is 73.1 cm³/mol. The lowest BCUT2D eigenvalue weighted by molar-refractivity contribution is 0.445. The van der Waals surface area contributed by atoms with Crippen molar-refractivity contribution in [2.75, 3.05) is 5.73 Å². The molecule has 0 aliphatic carbocycles. The van der Waals surface area contributed by atoms with Gasteiger partial charge in [0.15, 0.2) is 17.5 Å². The Hall–Kier alpha value is -2.02. The topological polar surface area (TPSA) is 43.8 Å². The molecule has 0 unspecified atom stereocenters. The third-order valence-electron chi connectivity index (χ3n) is 2.90. The van der Waals surface area contributed by atoms with Gasteiger partial charge < -0.3 is 5.73 Å². The van der Waals surface area contributed by atoms with Crippen molar-refractivity contribution in [1.82, 2.24) is 9.55 Å². The van der Waals surface area contributed by atoms with Crippen LogP contribution in [0, 0.1) is 17.5 Å². The summed E-state index contributed by atoms with van der Waals surface area (Å²) < 4.78 is 42.2. The highest BCUT2D eigenvalue weighted by atomic mass is 79.9. The minimum Gasteiger partial charge on any atom is -0.369 e. The van der Waals surface area contributed by atoms with Gasteiger partial charge in [-0.25, -0.2) is 18.2 Å². The van der Waals surface area contributed by atoms with Gasteiger partial charge in [0.2, 0.25) is 5.95 Å². The molecule has 0 amide bonds. The Balaban J connectivity index is 2.37. The first kappa shape index (κ1) is 13.0. The molecule has 20 heavy (non-hydrogen) atoms. The highest BCUT2D eigenvalue weighted by Crippen LogP contribution is 2.28. The Morgan fingerprint density at radius 2 is 1.80 bits per heavy atom. The quantitative estimate of drug-likeness (QED) is 0.684. The van der Waals surface area contributed by atoms with E-state index in [4.69, 9.17) is 5.73 Å².